The zero-order chi connectivity index (χ0) is 9.26. The van der Waals surface area contributed by atoms with Crippen LogP contribution in [0.5, 0.6) is 0 Å². The Balaban J connectivity index is 2.84. The minimum Gasteiger partial charge on any atom is -0.372 e. The van der Waals surface area contributed by atoms with E-state index in [1.807, 2.05) is 6.07 Å². The van der Waals surface area contributed by atoms with Crippen LogP contribution in [0.4, 0.5) is 5.82 Å². The van der Waals surface area contributed by atoms with Crippen molar-refractivity contribution in [1.29, 1.82) is 5.26 Å². The molecule has 0 aliphatic carbocycles. The molecule has 0 amide bonds. The molecule has 2 aromatic heterocycles. The summed E-state index contributed by atoms with van der Waals surface area (Å²) < 4.78 is 1.60. The summed E-state index contributed by atoms with van der Waals surface area (Å²) in [6, 6.07) is 3.82. The first-order chi connectivity index (χ1) is 6.36. The summed E-state index contributed by atoms with van der Waals surface area (Å²) in [4.78, 5) is 4.06. The SMILES string of the molecule is CNc1c(C#N)cnc2ccnn12. The van der Waals surface area contributed by atoms with Crippen LogP contribution < -0.4 is 5.32 Å². The Morgan fingerprint density at radius 1 is 1.62 bits per heavy atom. The maximum Gasteiger partial charge on any atom is 0.157 e. The fourth-order valence-electron chi connectivity index (χ4n) is 1.19. The molecule has 0 saturated carbocycles. The van der Waals surface area contributed by atoms with Crippen molar-refractivity contribution < 1.29 is 0 Å². The van der Waals surface area contributed by atoms with Gasteiger partial charge in [-0.05, 0) is 0 Å². The number of hydrogen-bond acceptors (Lipinski definition) is 4. The first-order valence-electron chi connectivity index (χ1n) is 3.77. The maximum atomic E-state index is 8.78. The first kappa shape index (κ1) is 7.55. The van der Waals surface area contributed by atoms with Crippen molar-refractivity contribution in [3.05, 3.63) is 24.0 Å². The van der Waals surface area contributed by atoms with Gasteiger partial charge in [0.1, 0.15) is 17.5 Å². The summed E-state index contributed by atoms with van der Waals surface area (Å²) in [5.74, 6) is 0.664. The van der Waals surface area contributed by atoms with E-state index in [1.165, 1.54) is 6.20 Å². The van der Waals surface area contributed by atoms with Gasteiger partial charge in [-0.2, -0.15) is 14.9 Å². The van der Waals surface area contributed by atoms with Gasteiger partial charge in [-0.1, -0.05) is 0 Å². The van der Waals surface area contributed by atoms with Crippen molar-refractivity contribution in [2.24, 2.45) is 0 Å². The second-order valence-electron chi connectivity index (χ2n) is 2.48. The van der Waals surface area contributed by atoms with E-state index in [1.54, 1.807) is 23.8 Å². The van der Waals surface area contributed by atoms with E-state index in [0.717, 1.165) is 5.65 Å². The number of hydrogen-bond donors (Lipinski definition) is 1. The third-order valence-electron chi connectivity index (χ3n) is 1.77. The Kier molecular flexibility index (Phi) is 1.60. The normalized spacial score (nSPS) is 9.85. The summed E-state index contributed by atoms with van der Waals surface area (Å²) in [7, 11) is 1.75. The van der Waals surface area contributed by atoms with Crippen LogP contribution >= 0.6 is 0 Å². The highest BCUT2D eigenvalue weighted by molar-refractivity contribution is 5.56. The molecule has 2 aromatic rings. The Morgan fingerprint density at radius 3 is 3.15 bits per heavy atom. The van der Waals surface area contributed by atoms with Gasteiger partial charge in [0.05, 0.1) is 12.4 Å². The van der Waals surface area contributed by atoms with Crippen molar-refractivity contribution >= 4 is 11.5 Å². The van der Waals surface area contributed by atoms with Crippen LogP contribution in [0.15, 0.2) is 18.5 Å². The number of nitriles is 1. The molecule has 13 heavy (non-hydrogen) atoms. The molecule has 0 aromatic carbocycles. The molecule has 0 spiro atoms. The van der Waals surface area contributed by atoms with Gasteiger partial charge >= 0.3 is 0 Å². The Morgan fingerprint density at radius 2 is 2.46 bits per heavy atom. The summed E-state index contributed by atoms with van der Waals surface area (Å²) >= 11 is 0. The minimum atomic E-state index is 0.485. The molecule has 0 saturated heterocycles. The minimum absolute atomic E-state index is 0.485. The largest absolute Gasteiger partial charge is 0.372 e. The highest BCUT2D eigenvalue weighted by Crippen LogP contribution is 2.13. The summed E-state index contributed by atoms with van der Waals surface area (Å²) in [6.07, 6.45) is 3.17. The second-order valence-corrected chi connectivity index (χ2v) is 2.48. The van der Waals surface area contributed by atoms with Crippen LogP contribution in [0, 0.1) is 11.3 Å². The first-order valence-corrected chi connectivity index (χ1v) is 3.77. The van der Waals surface area contributed by atoms with Gasteiger partial charge in [-0.25, -0.2) is 4.98 Å². The van der Waals surface area contributed by atoms with E-state index < -0.39 is 0 Å². The lowest BCUT2D eigenvalue weighted by Crippen LogP contribution is -2.03. The predicted molar refractivity (Wildman–Crippen MR) is 47.2 cm³/mol. The van der Waals surface area contributed by atoms with Crippen molar-refractivity contribution in [3.63, 3.8) is 0 Å². The Bertz CT molecular complexity index is 479. The summed E-state index contributed by atoms with van der Waals surface area (Å²) in [6.45, 7) is 0. The number of fused-ring (bicyclic) bond motifs is 1. The lowest BCUT2D eigenvalue weighted by Gasteiger charge is -2.04. The smallest absolute Gasteiger partial charge is 0.157 e. The van der Waals surface area contributed by atoms with Gasteiger partial charge in [0.15, 0.2) is 5.65 Å². The highest BCUT2D eigenvalue weighted by atomic mass is 15.3. The molecule has 0 aliphatic rings. The number of aromatic nitrogens is 3. The fourth-order valence-corrected chi connectivity index (χ4v) is 1.19. The fraction of sp³-hybridized carbons (Fsp3) is 0.125. The molecule has 0 bridgehead atoms. The van der Waals surface area contributed by atoms with Crippen LogP contribution in [-0.4, -0.2) is 21.6 Å². The zero-order valence-corrected chi connectivity index (χ0v) is 7.02. The molecule has 0 fully saturated rings. The van der Waals surface area contributed by atoms with Gasteiger partial charge < -0.3 is 5.32 Å². The van der Waals surface area contributed by atoms with E-state index in [-0.39, 0.29) is 0 Å². The van der Waals surface area contributed by atoms with Crippen molar-refractivity contribution in [2.45, 2.75) is 0 Å². The summed E-state index contributed by atoms with van der Waals surface area (Å²) in [5.41, 5.74) is 1.21. The predicted octanol–water partition coefficient (Wildman–Crippen LogP) is 0.643. The van der Waals surface area contributed by atoms with Gasteiger partial charge in [0.2, 0.25) is 0 Å². The van der Waals surface area contributed by atoms with E-state index in [4.69, 9.17) is 5.26 Å². The molecule has 5 nitrogen and oxygen atoms in total. The second kappa shape index (κ2) is 2.75. The molecular formula is C8H7N5. The molecule has 0 atom stereocenters. The quantitative estimate of drug-likeness (QED) is 0.687. The molecule has 2 rings (SSSR count). The maximum absolute atomic E-state index is 8.78. The van der Waals surface area contributed by atoms with Crippen LogP contribution in [-0.2, 0) is 0 Å². The standard InChI is InChI=1S/C8H7N5/c1-10-8-6(4-9)5-11-7-2-3-12-13(7)8/h2-3,5,10H,1H3. The molecule has 0 aliphatic heterocycles. The van der Waals surface area contributed by atoms with Crippen molar-refractivity contribution in [1.82, 2.24) is 14.6 Å². The van der Waals surface area contributed by atoms with Crippen LogP contribution in [0.1, 0.15) is 5.56 Å². The van der Waals surface area contributed by atoms with Crippen molar-refractivity contribution in [2.75, 3.05) is 12.4 Å². The molecule has 2 heterocycles. The average Bonchev–Trinajstić information content (AvgIpc) is 2.63. The van der Waals surface area contributed by atoms with E-state index in [2.05, 4.69) is 15.4 Å². The molecule has 1 N–H and O–H groups in total. The molecule has 5 heteroatoms. The molecule has 0 unspecified atom stereocenters. The number of anilines is 1. The highest BCUT2D eigenvalue weighted by Gasteiger charge is 2.06. The number of nitrogens with zero attached hydrogens (tertiary/aromatic N) is 4. The zero-order valence-electron chi connectivity index (χ0n) is 7.02. The van der Waals surface area contributed by atoms with E-state index >= 15 is 0 Å². The van der Waals surface area contributed by atoms with Gasteiger partial charge in [-0.3, -0.25) is 0 Å². The van der Waals surface area contributed by atoms with Gasteiger partial charge in [0.25, 0.3) is 0 Å². The number of rotatable bonds is 1. The average molecular weight is 173 g/mol. The van der Waals surface area contributed by atoms with Crippen molar-refractivity contribution in [3.8, 4) is 6.07 Å². The molecular weight excluding hydrogens is 166 g/mol. The monoisotopic (exact) mass is 173 g/mol. The molecule has 64 valence electrons. The van der Waals surface area contributed by atoms with E-state index in [0.29, 0.717) is 11.4 Å². The lowest BCUT2D eigenvalue weighted by atomic mass is 10.3. The van der Waals surface area contributed by atoms with Gasteiger partial charge in [0, 0.05) is 13.1 Å². The Labute approximate surface area is 74.6 Å². The number of nitrogens with one attached hydrogen (secondary N) is 1. The third kappa shape index (κ3) is 0.999. The lowest BCUT2D eigenvalue weighted by molar-refractivity contribution is 0.939. The molecule has 0 radical (unpaired) electrons. The topological polar surface area (TPSA) is 66.0 Å². The van der Waals surface area contributed by atoms with Gasteiger partial charge in [-0.15, -0.1) is 0 Å². The third-order valence-corrected chi connectivity index (χ3v) is 1.77. The van der Waals surface area contributed by atoms with E-state index in [9.17, 15) is 0 Å². The Hall–Kier alpha value is -2.09. The summed E-state index contributed by atoms with van der Waals surface area (Å²) in [5, 5.41) is 15.7. The van der Waals surface area contributed by atoms with Crippen LogP contribution in [0.25, 0.3) is 5.65 Å². The van der Waals surface area contributed by atoms with Crippen LogP contribution in [0.2, 0.25) is 0 Å². The van der Waals surface area contributed by atoms with Crippen LogP contribution in [0.3, 0.4) is 0 Å².